The number of benzene rings is 5. The largest absolute Gasteiger partial charge is 0.376 e. The third kappa shape index (κ3) is 3.43. The van der Waals surface area contributed by atoms with Crippen molar-refractivity contribution in [2.45, 2.75) is 15.4 Å². The summed E-state index contributed by atoms with van der Waals surface area (Å²) in [5.41, 5.74) is 5.65. The maximum absolute atomic E-state index is 12.9. The van der Waals surface area contributed by atoms with Crippen LogP contribution in [-0.4, -0.2) is 5.11 Å². The van der Waals surface area contributed by atoms with Crippen molar-refractivity contribution in [1.82, 2.24) is 0 Å². The maximum Gasteiger partial charge on any atom is 0.142 e. The third-order valence-electron chi connectivity index (χ3n) is 6.44. The van der Waals surface area contributed by atoms with Gasteiger partial charge in [-0.2, -0.15) is 0 Å². The van der Waals surface area contributed by atoms with Crippen LogP contribution >= 0.6 is 27.7 Å². The molecule has 0 saturated heterocycles. The van der Waals surface area contributed by atoms with Crippen LogP contribution in [-0.2, 0) is 5.60 Å². The summed E-state index contributed by atoms with van der Waals surface area (Å²) in [6.07, 6.45) is 0. The van der Waals surface area contributed by atoms with Gasteiger partial charge in [0.2, 0.25) is 0 Å². The van der Waals surface area contributed by atoms with Gasteiger partial charge in [-0.25, -0.2) is 0 Å². The lowest BCUT2D eigenvalue weighted by molar-refractivity contribution is 0.124. The molecule has 164 valence electrons. The highest BCUT2D eigenvalue weighted by molar-refractivity contribution is 9.10. The van der Waals surface area contributed by atoms with Crippen molar-refractivity contribution >= 4 is 27.7 Å². The summed E-state index contributed by atoms with van der Waals surface area (Å²) < 4.78 is 0.940. The van der Waals surface area contributed by atoms with Gasteiger partial charge in [0, 0.05) is 31.0 Å². The molecule has 1 nitrogen and oxygen atoms in total. The van der Waals surface area contributed by atoms with Crippen molar-refractivity contribution in [2.75, 3.05) is 0 Å². The van der Waals surface area contributed by atoms with Gasteiger partial charge in [0.1, 0.15) is 5.60 Å². The van der Waals surface area contributed by atoms with Gasteiger partial charge in [-0.05, 0) is 52.6 Å². The van der Waals surface area contributed by atoms with Crippen LogP contribution in [0, 0.1) is 0 Å². The van der Waals surface area contributed by atoms with E-state index in [2.05, 4.69) is 94.8 Å². The quantitative estimate of drug-likeness (QED) is 0.257. The van der Waals surface area contributed by atoms with Crippen molar-refractivity contribution in [3.63, 3.8) is 0 Å². The van der Waals surface area contributed by atoms with Crippen LogP contribution in [0.3, 0.4) is 0 Å². The van der Waals surface area contributed by atoms with Crippen LogP contribution in [0.5, 0.6) is 0 Å². The Hall–Kier alpha value is -3.11. The molecule has 0 aliphatic heterocycles. The second kappa shape index (κ2) is 8.59. The van der Waals surface area contributed by atoms with E-state index in [4.69, 9.17) is 0 Å². The van der Waals surface area contributed by atoms with Crippen LogP contribution in [0.4, 0.5) is 0 Å². The van der Waals surface area contributed by atoms with E-state index in [1.165, 1.54) is 0 Å². The Morgan fingerprint density at radius 1 is 0.529 bits per heavy atom. The number of hydrogen-bond donors (Lipinski definition) is 1. The Morgan fingerprint density at radius 2 is 1.09 bits per heavy atom. The van der Waals surface area contributed by atoms with Crippen LogP contribution in [0.25, 0.3) is 22.3 Å². The van der Waals surface area contributed by atoms with Gasteiger partial charge in [-0.15, -0.1) is 0 Å². The first-order valence-electron chi connectivity index (χ1n) is 11.2. The highest BCUT2D eigenvalue weighted by atomic mass is 79.9. The summed E-state index contributed by atoms with van der Waals surface area (Å²) in [4.78, 5) is 2.17. The molecule has 0 fully saturated rings. The molecule has 1 unspecified atom stereocenters. The zero-order valence-electron chi connectivity index (χ0n) is 18.3. The first-order valence-corrected chi connectivity index (χ1v) is 12.8. The SMILES string of the molecule is OC1(c2ccccc2Sc2ccccc2)c2ccccc2-c2ccccc2-c2ccc(Br)cc21. The van der Waals surface area contributed by atoms with Crippen molar-refractivity contribution in [3.05, 3.63) is 142 Å². The van der Waals surface area contributed by atoms with E-state index in [-0.39, 0.29) is 0 Å². The molecule has 0 amide bonds. The zero-order chi connectivity index (χ0) is 23.1. The number of hydrogen-bond acceptors (Lipinski definition) is 2. The van der Waals surface area contributed by atoms with E-state index in [0.717, 1.165) is 53.2 Å². The normalized spacial score (nSPS) is 16.2. The molecule has 5 aromatic rings. The van der Waals surface area contributed by atoms with Crippen molar-refractivity contribution in [3.8, 4) is 22.3 Å². The topological polar surface area (TPSA) is 20.2 Å². The minimum Gasteiger partial charge on any atom is -0.376 e. The first kappa shape index (κ1) is 21.4. The molecule has 1 N–H and O–H groups in total. The van der Waals surface area contributed by atoms with Gasteiger partial charge in [0.05, 0.1) is 0 Å². The molecule has 1 aliphatic rings. The molecule has 0 heterocycles. The zero-order valence-corrected chi connectivity index (χ0v) is 20.7. The molecule has 1 aliphatic carbocycles. The Morgan fingerprint density at radius 3 is 1.82 bits per heavy atom. The van der Waals surface area contributed by atoms with Gasteiger partial charge in [0.25, 0.3) is 0 Å². The molecule has 0 bridgehead atoms. The summed E-state index contributed by atoms with van der Waals surface area (Å²) in [6, 6.07) is 41.4. The lowest BCUT2D eigenvalue weighted by Crippen LogP contribution is -2.30. The average Bonchev–Trinajstić information content (AvgIpc) is 2.97. The number of halogens is 1. The predicted molar refractivity (Wildman–Crippen MR) is 144 cm³/mol. The molecule has 34 heavy (non-hydrogen) atoms. The predicted octanol–water partition coefficient (Wildman–Crippen LogP) is 8.53. The van der Waals surface area contributed by atoms with Gasteiger partial charge in [0.15, 0.2) is 0 Å². The molecule has 0 radical (unpaired) electrons. The van der Waals surface area contributed by atoms with Crippen molar-refractivity contribution in [2.24, 2.45) is 0 Å². The maximum atomic E-state index is 12.9. The minimum atomic E-state index is -1.34. The van der Waals surface area contributed by atoms with E-state index >= 15 is 0 Å². The lowest BCUT2D eigenvalue weighted by atomic mass is 9.78. The third-order valence-corrected chi connectivity index (χ3v) is 8.02. The van der Waals surface area contributed by atoms with Crippen molar-refractivity contribution < 1.29 is 5.11 Å². The van der Waals surface area contributed by atoms with Gasteiger partial charge in [-0.1, -0.05) is 119 Å². The van der Waals surface area contributed by atoms with Crippen LogP contribution in [0.2, 0.25) is 0 Å². The summed E-state index contributed by atoms with van der Waals surface area (Å²) in [6.45, 7) is 0. The second-order valence-corrected chi connectivity index (χ2v) is 10.4. The van der Waals surface area contributed by atoms with E-state index in [9.17, 15) is 5.11 Å². The Kier molecular flexibility index (Phi) is 5.41. The van der Waals surface area contributed by atoms with E-state index < -0.39 is 5.60 Å². The van der Waals surface area contributed by atoms with E-state index in [1.54, 1.807) is 11.8 Å². The van der Waals surface area contributed by atoms with Gasteiger partial charge < -0.3 is 5.11 Å². The Bertz CT molecular complexity index is 1510. The Balaban J connectivity index is 1.70. The van der Waals surface area contributed by atoms with Gasteiger partial charge in [-0.3, -0.25) is 0 Å². The lowest BCUT2D eigenvalue weighted by Gasteiger charge is -2.33. The fraction of sp³-hybridized carbons (Fsp3) is 0.0323. The monoisotopic (exact) mass is 520 g/mol. The van der Waals surface area contributed by atoms with E-state index in [1.807, 2.05) is 42.5 Å². The Labute approximate surface area is 212 Å². The second-order valence-electron chi connectivity index (χ2n) is 8.40. The molecule has 0 aromatic heterocycles. The fourth-order valence-corrected chi connectivity index (χ4v) is 6.32. The summed E-state index contributed by atoms with van der Waals surface area (Å²) in [5.74, 6) is 0. The van der Waals surface area contributed by atoms with Crippen LogP contribution in [0.1, 0.15) is 16.7 Å². The minimum absolute atomic E-state index is 0.875. The van der Waals surface area contributed by atoms with Crippen molar-refractivity contribution in [1.29, 1.82) is 0 Å². The molecule has 6 rings (SSSR count). The summed E-state index contributed by atoms with van der Waals surface area (Å²) in [7, 11) is 0. The molecule has 0 saturated carbocycles. The smallest absolute Gasteiger partial charge is 0.142 e. The molecule has 3 heteroatoms. The number of rotatable bonds is 3. The molecular formula is C31H21BrOS. The van der Waals surface area contributed by atoms with Gasteiger partial charge >= 0.3 is 0 Å². The average molecular weight is 521 g/mol. The standard InChI is InChI=1S/C31H21BrOS/c32-21-18-19-26-24-13-5-4-12-23(24)25-14-6-7-15-27(25)31(33,29(26)20-21)28-16-8-9-17-30(28)34-22-10-2-1-3-11-22/h1-20,33H. The molecular weight excluding hydrogens is 500 g/mol. The number of fused-ring (bicyclic) bond motifs is 5. The van der Waals surface area contributed by atoms with Crippen LogP contribution < -0.4 is 0 Å². The highest BCUT2D eigenvalue weighted by Crippen LogP contribution is 2.52. The molecule has 5 aromatic carbocycles. The fourth-order valence-electron chi connectivity index (χ4n) is 4.94. The number of aliphatic hydroxyl groups is 1. The van der Waals surface area contributed by atoms with E-state index in [0.29, 0.717) is 0 Å². The molecule has 1 atom stereocenters. The van der Waals surface area contributed by atoms with Crippen LogP contribution in [0.15, 0.2) is 136 Å². The summed E-state index contributed by atoms with van der Waals surface area (Å²) >= 11 is 5.35. The highest BCUT2D eigenvalue weighted by Gasteiger charge is 2.42. The first-order chi connectivity index (χ1) is 16.7. The molecule has 0 spiro atoms. The summed E-state index contributed by atoms with van der Waals surface area (Å²) in [5, 5.41) is 12.9.